The van der Waals surface area contributed by atoms with E-state index in [-0.39, 0.29) is 24.2 Å². The number of hydrogen-bond donors (Lipinski definition) is 1. The highest BCUT2D eigenvalue weighted by Gasteiger charge is 2.24. The predicted molar refractivity (Wildman–Crippen MR) is 163 cm³/mol. The molecule has 0 atom stereocenters. The highest BCUT2D eigenvalue weighted by Crippen LogP contribution is 2.30. The van der Waals surface area contributed by atoms with Crippen molar-refractivity contribution in [1.82, 2.24) is 10.2 Å². The van der Waals surface area contributed by atoms with Crippen molar-refractivity contribution < 1.29 is 14.4 Å². The van der Waals surface area contributed by atoms with Crippen molar-refractivity contribution in [1.29, 1.82) is 0 Å². The zero-order valence-corrected chi connectivity index (χ0v) is 23.6. The second kappa shape index (κ2) is 13.3. The number of carbonyl (C=O) groups excluding carboxylic acids is 3. The minimum absolute atomic E-state index is 0.00311. The molecule has 2 amide bonds. The molecule has 0 radical (unpaired) electrons. The lowest BCUT2D eigenvalue weighted by Gasteiger charge is -2.28. The zero-order chi connectivity index (χ0) is 27.7. The molecule has 5 nitrogen and oxygen atoms in total. The maximum Gasteiger partial charge on any atom is 0.261 e. The van der Waals surface area contributed by atoms with Gasteiger partial charge in [-0.25, -0.2) is 0 Å². The number of fused-ring (bicyclic) bond motifs is 1. The maximum absolute atomic E-state index is 14.0. The Morgan fingerprint density at radius 2 is 1.52 bits per heavy atom. The Morgan fingerprint density at radius 1 is 0.850 bits per heavy atom. The fourth-order valence-corrected chi connectivity index (χ4v) is 6.70. The van der Waals surface area contributed by atoms with Crippen molar-refractivity contribution in [3.8, 4) is 0 Å². The summed E-state index contributed by atoms with van der Waals surface area (Å²) < 4.78 is 1.17. The van der Waals surface area contributed by atoms with Crippen LogP contribution in [0.4, 0.5) is 0 Å². The molecular weight excluding hydrogens is 537 g/mol. The number of amides is 2. The van der Waals surface area contributed by atoms with Crippen LogP contribution in [0.15, 0.2) is 102 Å². The van der Waals surface area contributed by atoms with Gasteiger partial charge in [-0.15, -0.1) is 22.7 Å². The van der Waals surface area contributed by atoms with Gasteiger partial charge in [-0.05, 0) is 45.7 Å². The van der Waals surface area contributed by atoms with E-state index in [1.54, 1.807) is 17.4 Å². The predicted octanol–water partition coefficient (Wildman–Crippen LogP) is 6.69. The second-order valence-corrected chi connectivity index (χ2v) is 11.6. The highest BCUT2D eigenvalue weighted by atomic mass is 32.1. The SMILES string of the molecule is O=CCCNC(=O)c1ccc(CN(CC(c2ccccc2)c2ccccc2)C(=O)Cc2csc3ccccc23)s1. The summed E-state index contributed by atoms with van der Waals surface area (Å²) in [6.45, 7) is 1.22. The molecule has 1 N–H and O–H groups in total. The number of aldehydes is 1. The highest BCUT2D eigenvalue weighted by molar-refractivity contribution is 7.17. The standard InChI is InChI=1S/C33H30N2O3S2/c36-19-9-18-34-33(38)31-17-16-27(40-31)21-35(32(37)20-26-23-39-30-15-8-7-14-28(26)30)22-29(24-10-3-1-4-11-24)25-12-5-2-6-13-25/h1-8,10-17,19,23,29H,9,18,20-22H2,(H,34,38). The Balaban J connectivity index is 1.43. The number of rotatable bonds is 12. The van der Waals surface area contributed by atoms with E-state index in [4.69, 9.17) is 0 Å². The summed E-state index contributed by atoms with van der Waals surface area (Å²) in [5.41, 5.74) is 3.33. The molecule has 0 aliphatic carbocycles. The minimum Gasteiger partial charge on any atom is -0.351 e. The van der Waals surface area contributed by atoms with Gasteiger partial charge in [0.25, 0.3) is 5.91 Å². The summed E-state index contributed by atoms with van der Waals surface area (Å²) in [5.74, 6) is -0.158. The average Bonchev–Trinajstić information content (AvgIpc) is 3.63. The molecule has 202 valence electrons. The van der Waals surface area contributed by atoms with Crippen LogP contribution in [0.5, 0.6) is 0 Å². The van der Waals surface area contributed by atoms with E-state index >= 15 is 0 Å². The lowest BCUT2D eigenvalue weighted by atomic mass is 9.90. The lowest BCUT2D eigenvalue weighted by Crippen LogP contribution is -2.35. The Morgan fingerprint density at radius 3 is 2.23 bits per heavy atom. The van der Waals surface area contributed by atoms with Crippen molar-refractivity contribution >= 4 is 50.9 Å². The largest absolute Gasteiger partial charge is 0.351 e. The van der Waals surface area contributed by atoms with Gasteiger partial charge in [0, 0.05) is 35.0 Å². The Kier molecular flexibility index (Phi) is 9.16. The summed E-state index contributed by atoms with van der Waals surface area (Å²) in [7, 11) is 0. The molecular formula is C33H30N2O3S2. The molecule has 7 heteroatoms. The van der Waals surface area contributed by atoms with Crippen LogP contribution in [0.2, 0.25) is 0 Å². The fourth-order valence-electron chi connectivity index (χ4n) is 4.80. The Labute approximate surface area is 242 Å². The molecule has 2 aromatic heterocycles. The van der Waals surface area contributed by atoms with Crippen LogP contribution < -0.4 is 5.32 Å². The van der Waals surface area contributed by atoms with Crippen LogP contribution in [-0.4, -0.2) is 36.1 Å². The molecule has 0 bridgehead atoms. The number of carbonyl (C=O) groups is 3. The van der Waals surface area contributed by atoms with Crippen LogP contribution in [0, 0.1) is 0 Å². The van der Waals surface area contributed by atoms with Crippen LogP contribution >= 0.6 is 22.7 Å². The van der Waals surface area contributed by atoms with Gasteiger partial charge >= 0.3 is 0 Å². The van der Waals surface area contributed by atoms with Crippen LogP contribution in [0.3, 0.4) is 0 Å². The van der Waals surface area contributed by atoms with Gasteiger partial charge in [0.15, 0.2) is 0 Å². The molecule has 0 spiro atoms. The van der Waals surface area contributed by atoms with E-state index in [9.17, 15) is 14.4 Å². The summed E-state index contributed by atoms with van der Waals surface area (Å²) in [4.78, 5) is 40.6. The van der Waals surface area contributed by atoms with Crippen LogP contribution in [0.1, 0.15) is 43.6 Å². The molecule has 2 heterocycles. The van der Waals surface area contributed by atoms with E-state index < -0.39 is 0 Å². The third-order valence-electron chi connectivity index (χ3n) is 6.84. The van der Waals surface area contributed by atoms with Gasteiger partial charge in [-0.3, -0.25) is 9.59 Å². The second-order valence-electron chi connectivity index (χ2n) is 9.56. The summed E-state index contributed by atoms with van der Waals surface area (Å²) >= 11 is 3.04. The molecule has 40 heavy (non-hydrogen) atoms. The first-order valence-electron chi connectivity index (χ1n) is 13.3. The smallest absolute Gasteiger partial charge is 0.261 e. The summed E-state index contributed by atoms with van der Waals surface area (Å²) in [6.07, 6.45) is 1.38. The zero-order valence-electron chi connectivity index (χ0n) is 22.0. The van der Waals surface area contributed by atoms with Gasteiger partial charge in [0.2, 0.25) is 5.91 Å². The van der Waals surface area contributed by atoms with E-state index in [1.165, 1.54) is 16.0 Å². The molecule has 5 aromatic rings. The Hall–Kier alpha value is -4.07. The number of nitrogens with one attached hydrogen (secondary N) is 1. The maximum atomic E-state index is 14.0. The average molecular weight is 567 g/mol. The minimum atomic E-state index is -0.202. The summed E-state index contributed by atoms with van der Waals surface area (Å²) in [5, 5.41) is 5.97. The van der Waals surface area contributed by atoms with Crippen molar-refractivity contribution in [2.24, 2.45) is 0 Å². The third kappa shape index (κ3) is 6.73. The quantitative estimate of drug-likeness (QED) is 0.135. The normalized spacial score (nSPS) is 11.0. The van der Waals surface area contributed by atoms with Gasteiger partial charge in [0.1, 0.15) is 6.29 Å². The number of nitrogens with zero attached hydrogens (tertiary/aromatic N) is 1. The van der Waals surface area contributed by atoms with E-state index in [2.05, 4.69) is 47.1 Å². The van der Waals surface area contributed by atoms with E-state index in [0.717, 1.165) is 33.2 Å². The number of hydrogen-bond acceptors (Lipinski definition) is 5. The Bertz CT molecular complexity index is 1540. The number of benzene rings is 3. The van der Waals surface area contributed by atoms with Gasteiger partial charge in [0.05, 0.1) is 17.8 Å². The van der Waals surface area contributed by atoms with Crippen LogP contribution in [-0.2, 0) is 22.6 Å². The monoisotopic (exact) mass is 566 g/mol. The van der Waals surface area contributed by atoms with Crippen molar-refractivity contribution in [2.45, 2.75) is 25.3 Å². The van der Waals surface area contributed by atoms with Crippen molar-refractivity contribution in [2.75, 3.05) is 13.1 Å². The van der Waals surface area contributed by atoms with Crippen LogP contribution in [0.25, 0.3) is 10.1 Å². The molecule has 0 aliphatic heterocycles. The number of thiophene rings is 2. The molecule has 0 unspecified atom stereocenters. The van der Waals surface area contributed by atoms with Crippen molar-refractivity contribution in [3.63, 3.8) is 0 Å². The molecule has 0 aliphatic rings. The van der Waals surface area contributed by atoms with Gasteiger partial charge in [-0.1, -0.05) is 78.9 Å². The molecule has 0 saturated carbocycles. The van der Waals surface area contributed by atoms with Crippen molar-refractivity contribution in [3.05, 3.63) is 129 Å². The topological polar surface area (TPSA) is 66.5 Å². The first-order valence-corrected chi connectivity index (χ1v) is 15.0. The summed E-state index contributed by atoms with van der Waals surface area (Å²) in [6, 6.07) is 32.5. The van der Waals surface area contributed by atoms with E-state index in [0.29, 0.717) is 30.9 Å². The van der Waals surface area contributed by atoms with Gasteiger partial charge in [-0.2, -0.15) is 0 Å². The first kappa shape index (κ1) is 27.5. The third-order valence-corrected chi connectivity index (χ3v) is 8.92. The van der Waals surface area contributed by atoms with E-state index in [1.807, 2.05) is 59.5 Å². The molecule has 5 rings (SSSR count). The fraction of sp³-hybridized carbons (Fsp3) is 0.182. The molecule has 3 aromatic carbocycles. The first-order chi connectivity index (χ1) is 19.6. The van der Waals surface area contributed by atoms with Gasteiger partial charge < -0.3 is 15.0 Å². The molecule has 0 fully saturated rings. The lowest BCUT2D eigenvalue weighted by molar-refractivity contribution is -0.131. The molecule has 0 saturated heterocycles.